The third-order valence-electron chi connectivity index (χ3n) is 2.18. The normalized spacial score (nSPS) is 11.9. The molecule has 0 aliphatic rings. The van der Waals surface area contributed by atoms with Crippen LogP contribution in [0.2, 0.25) is 0 Å². The van der Waals surface area contributed by atoms with Crippen molar-refractivity contribution < 1.29 is 14.3 Å². The molecule has 0 bridgehead atoms. The van der Waals surface area contributed by atoms with Crippen molar-refractivity contribution in [1.82, 2.24) is 5.32 Å². The molecule has 0 fully saturated rings. The van der Waals surface area contributed by atoms with Gasteiger partial charge in [-0.3, -0.25) is 0 Å². The highest BCUT2D eigenvalue weighted by Gasteiger charge is 2.01. The molecule has 0 aromatic carbocycles. The molecule has 98 valence electrons. The predicted molar refractivity (Wildman–Crippen MR) is 66.5 cm³/mol. The Morgan fingerprint density at radius 3 is 2.76 bits per heavy atom. The van der Waals surface area contributed by atoms with Gasteiger partial charge in [-0.15, -0.1) is 0 Å². The Kier molecular flexibility index (Phi) is 9.28. The van der Waals surface area contributed by atoms with Crippen LogP contribution in [0.25, 0.3) is 0 Å². The van der Waals surface area contributed by atoms with E-state index in [-0.39, 0.29) is 12.0 Å². The number of esters is 1. The van der Waals surface area contributed by atoms with E-state index in [1.54, 1.807) is 6.92 Å². The molecule has 0 rings (SSSR count). The van der Waals surface area contributed by atoms with Crippen molar-refractivity contribution in [3.63, 3.8) is 0 Å². The Morgan fingerprint density at radius 1 is 1.47 bits per heavy atom. The number of nitrogens with one attached hydrogen (secondary N) is 1. The minimum absolute atomic E-state index is 0.341. The van der Waals surface area contributed by atoms with Gasteiger partial charge in [0.1, 0.15) is 12.9 Å². The van der Waals surface area contributed by atoms with Crippen molar-refractivity contribution in [3.8, 4) is 0 Å². The molecule has 0 spiro atoms. The standard InChI is InChI=1S/C12H22N2O3/c1-10(2)12(16)17-8-7-14-6-4-3-5-11(13)9-15/h9,11,14H,1,3-8,13H2,2H3/t11-/m0/s1. The Hall–Kier alpha value is -1.20. The van der Waals surface area contributed by atoms with Crippen LogP contribution in [-0.2, 0) is 14.3 Å². The van der Waals surface area contributed by atoms with Gasteiger partial charge in [-0.05, 0) is 26.3 Å². The van der Waals surface area contributed by atoms with E-state index in [0.29, 0.717) is 18.7 Å². The van der Waals surface area contributed by atoms with E-state index in [4.69, 9.17) is 10.5 Å². The second-order valence-corrected chi connectivity index (χ2v) is 3.96. The number of rotatable bonds is 10. The van der Waals surface area contributed by atoms with E-state index in [1.165, 1.54) is 0 Å². The fourth-order valence-electron chi connectivity index (χ4n) is 1.16. The summed E-state index contributed by atoms with van der Waals surface area (Å²) in [7, 11) is 0. The lowest BCUT2D eigenvalue weighted by atomic mass is 10.1. The Balaban J connectivity index is 3.22. The molecule has 5 nitrogen and oxygen atoms in total. The lowest BCUT2D eigenvalue weighted by Crippen LogP contribution is -2.24. The second kappa shape index (κ2) is 9.99. The smallest absolute Gasteiger partial charge is 0.333 e. The molecule has 0 aromatic rings. The summed E-state index contributed by atoms with van der Waals surface area (Å²) in [4.78, 5) is 21.2. The third kappa shape index (κ3) is 9.71. The maximum atomic E-state index is 11.0. The molecule has 5 heteroatoms. The summed E-state index contributed by atoms with van der Waals surface area (Å²) in [5.74, 6) is -0.358. The molecule has 0 aliphatic carbocycles. The molecular weight excluding hydrogens is 220 g/mol. The first-order valence-corrected chi connectivity index (χ1v) is 5.82. The van der Waals surface area contributed by atoms with Crippen LogP contribution in [0.15, 0.2) is 12.2 Å². The maximum Gasteiger partial charge on any atom is 0.333 e. The number of carbonyl (C=O) groups excluding carboxylic acids is 2. The van der Waals surface area contributed by atoms with Crippen molar-refractivity contribution in [2.24, 2.45) is 5.73 Å². The lowest BCUT2D eigenvalue weighted by Gasteiger charge is -2.07. The van der Waals surface area contributed by atoms with Gasteiger partial charge in [0.15, 0.2) is 0 Å². The van der Waals surface area contributed by atoms with Gasteiger partial charge in [-0.2, -0.15) is 0 Å². The summed E-state index contributed by atoms with van der Waals surface area (Å²) in [6.07, 6.45) is 3.36. The quantitative estimate of drug-likeness (QED) is 0.251. The molecule has 0 aliphatic heterocycles. The van der Waals surface area contributed by atoms with Crippen LogP contribution in [0, 0.1) is 0 Å². The molecule has 0 saturated heterocycles. The van der Waals surface area contributed by atoms with Crippen molar-refractivity contribution in [3.05, 3.63) is 12.2 Å². The summed E-state index contributed by atoms with van der Waals surface area (Å²) in [6.45, 7) is 6.90. The van der Waals surface area contributed by atoms with Crippen LogP contribution in [0.1, 0.15) is 26.2 Å². The summed E-state index contributed by atoms with van der Waals surface area (Å²) in [5, 5.41) is 3.14. The van der Waals surface area contributed by atoms with Crippen molar-refractivity contribution in [2.45, 2.75) is 32.2 Å². The van der Waals surface area contributed by atoms with Crippen molar-refractivity contribution >= 4 is 12.3 Å². The van der Waals surface area contributed by atoms with E-state index in [9.17, 15) is 9.59 Å². The van der Waals surface area contributed by atoms with Crippen molar-refractivity contribution in [1.29, 1.82) is 0 Å². The van der Waals surface area contributed by atoms with Gasteiger partial charge in [0, 0.05) is 12.1 Å². The number of unbranched alkanes of at least 4 members (excludes halogenated alkanes) is 1. The number of aldehydes is 1. The fraction of sp³-hybridized carbons (Fsp3) is 0.667. The first-order chi connectivity index (χ1) is 8.07. The van der Waals surface area contributed by atoms with Gasteiger partial charge in [0.05, 0.1) is 6.04 Å². The number of nitrogens with two attached hydrogens (primary N) is 1. The SMILES string of the molecule is C=C(C)C(=O)OCCNCCCC[C@H](N)C=O. The highest BCUT2D eigenvalue weighted by Crippen LogP contribution is 1.96. The second-order valence-electron chi connectivity index (χ2n) is 3.96. The number of ether oxygens (including phenoxy) is 1. The monoisotopic (exact) mass is 242 g/mol. The minimum atomic E-state index is -0.358. The van der Waals surface area contributed by atoms with Crippen LogP contribution in [0.5, 0.6) is 0 Å². The first-order valence-electron chi connectivity index (χ1n) is 5.82. The molecule has 0 heterocycles. The fourth-order valence-corrected chi connectivity index (χ4v) is 1.16. The zero-order valence-corrected chi connectivity index (χ0v) is 10.4. The van der Waals surface area contributed by atoms with Crippen LogP contribution in [0.4, 0.5) is 0 Å². The minimum Gasteiger partial charge on any atom is -0.461 e. The average molecular weight is 242 g/mol. The molecule has 0 aromatic heterocycles. The highest BCUT2D eigenvalue weighted by atomic mass is 16.5. The van der Waals surface area contributed by atoms with Crippen LogP contribution in [-0.4, -0.2) is 38.0 Å². The average Bonchev–Trinajstić information content (AvgIpc) is 2.31. The Labute approximate surface area is 102 Å². The van der Waals surface area contributed by atoms with Crippen LogP contribution < -0.4 is 11.1 Å². The van der Waals surface area contributed by atoms with E-state index < -0.39 is 0 Å². The van der Waals surface area contributed by atoms with Gasteiger partial charge < -0.3 is 20.6 Å². The summed E-state index contributed by atoms with van der Waals surface area (Å²) in [5.41, 5.74) is 5.85. The number of hydrogen-bond acceptors (Lipinski definition) is 5. The zero-order valence-electron chi connectivity index (χ0n) is 10.4. The molecule has 0 radical (unpaired) electrons. The summed E-state index contributed by atoms with van der Waals surface area (Å²) >= 11 is 0. The molecule has 0 unspecified atom stereocenters. The summed E-state index contributed by atoms with van der Waals surface area (Å²) in [6, 6.07) is -0.341. The molecule has 1 atom stereocenters. The predicted octanol–water partition coefficient (Wildman–Crippen LogP) is 0.392. The molecule has 3 N–H and O–H groups in total. The van der Waals surface area contributed by atoms with Crippen molar-refractivity contribution in [2.75, 3.05) is 19.7 Å². The Bertz CT molecular complexity index is 254. The third-order valence-corrected chi connectivity index (χ3v) is 2.18. The van der Waals surface area contributed by atoms with Gasteiger partial charge in [0.25, 0.3) is 0 Å². The van der Waals surface area contributed by atoms with E-state index in [2.05, 4.69) is 11.9 Å². The number of hydrogen-bond donors (Lipinski definition) is 2. The van der Waals surface area contributed by atoms with Gasteiger partial charge >= 0.3 is 5.97 Å². The van der Waals surface area contributed by atoms with Crippen LogP contribution in [0.3, 0.4) is 0 Å². The largest absolute Gasteiger partial charge is 0.461 e. The van der Waals surface area contributed by atoms with Gasteiger partial charge in [0.2, 0.25) is 0 Å². The van der Waals surface area contributed by atoms with Crippen LogP contribution >= 0.6 is 0 Å². The van der Waals surface area contributed by atoms with E-state index in [1.807, 2.05) is 0 Å². The Morgan fingerprint density at radius 2 is 2.18 bits per heavy atom. The topological polar surface area (TPSA) is 81.4 Å². The van der Waals surface area contributed by atoms with Gasteiger partial charge in [-0.1, -0.05) is 13.0 Å². The van der Waals surface area contributed by atoms with E-state index in [0.717, 1.165) is 32.1 Å². The van der Waals surface area contributed by atoms with Gasteiger partial charge in [-0.25, -0.2) is 4.79 Å². The lowest BCUT2D eigenvalue weighted by molar-refractivity contribution is -0.138. The highest BCUT2D eigenvalue weighted by molar-refractivity contribution is 5.86. The van der Waals surface area contributed by atoms with E-state index >= 15 is 0 Å². The summed E-state index contributed by atoms with van der Waals surface area (Å²) < 4.78 is 4.90. The zero-order chi connectivity index (χ0) is 13.1. The maximum absolute atomic E-state index is 11.0. The molecule has 17 heavy (non-hydrogen) atoms. The molecule has 0 amide bonds. The molecule has 0 saturated carbocycles. The number of carbonyl (C=O) groups is 2. The molecular formula is C12H22N2O3. The first kappa shape index (κ1) is 15.8.